The molecule has 5 aliphatic carbocycles. The molecule has 0 aromatic carbocycles. The number of ether oxygens (including phenoxy) is 1. The van der Waals surface area contributed by atoms with Crippen LogP contribution in [0.5, 0.6) is 0 Å². The fraction of sp³-hybridized carbons (Fsp3) is 0.722. The molecule has 1 N–H and O–H groups in total. The van der Waals surface area contributed by atoms with E-state index in [1.807, 2.05) is 13.0 Å². The lowest BCUT2D eigenvalue weighted by atomic mass is 9.33. The number of pyridine rings is 1. The molecular formula is C36H49NO5. The Hall–Kier alpha value is -2.50. The predicted octanol–water partition coefficient (Wildman–Crippen LogP) is 7.67. The van der Waals surface area contributed by atoms with E-state index in [1.165, 1.54) is 5.57 Å². The number of carboxylic acid groups (broad SMARTS) is 1. The van der Waals surface area contributed by atoms with Crippen molar-refractivity contribution < 1.29 is 24.2 Å². The van der Waals surface area contributed by atoms with Crippen LogP contribution in [0.15, 0.2) is 36.2 Å². The highest BCUT2D eigenvalue weighted by atomic mass is 16.5. The van der Waals surface area contributed by atoms with E-state index in [0.29, 0.717) is 18.4 Å². The number of carboxylic acids is 1. The molecule has 1 aromatic rings. The van der Waals surface area contributed by atoms with E-state index in [4.69, 9.17) is 4.74 Å². The van der Waals surface area contributed by atoms with E-state index in [1.54, 1.807) is 24.5 Å². The number of hydrogen-bond donors (Lipinski definition) is 1. The molecule has 5 aliphatic rings. The zero-order valence-electron chi connectivity index (χ0n) is 26.6. The first-order chi connectivity index (χ1) is 19.5. The van der Waals surface area contributed by atoms with Crippen molar-refractivity contribution in [3.63, 3.8) is 0 Å². The molecule has 6 nitrogen and oxygen atoms in total. The van der Waals surface area contributed by atoms with Gasteiger partial charge in [0.15, 0.2) is 5.78 Å². The van der Waals surface area contributed by atoms with E-state index >= 15 is 0 Å². The topological polar surface area (TPSA) is 93.6 Å². The van der Waals surface area contributed by atoms with Crippen LogP contribution in [0.1, 0.15) is 117 Å². The second-order valence-corrected chi connectivity index (χ2v) is 16.6. The van der Waals surface area contributed by atoms with Crippen LogP contribution >= 0.6 is 0 Å². The van der Waals surface area contributed by atoms with Gasteiger partial charge in [-0.3, -0.25) is 14.6 Å². The van der Waals surface area contributed by atoms with Crippen LogP contribution in [-0.4, -0.2) is 33.9 Å². The SMILES string of the molecule is CC1(C)[C@@H](OC(=O)c2cccnc2)CC[C@]2(C)[C@H]3C(=O)C=C4[C@@H]5C[C@@](C)(C(=O)O)CC[C@]5(C)CC[C@@]4(C)[C@]3(C)CC[C@@H]12. The maximum Gasteiger partial charge on any atom is 0.339 e. The van der Waals surface area contributed by atoms with Crippen LogP contribution in [-0.2, 0) is 14.3 Å². The van der Waals surface area contributed by atoms with Crippen molar-refractivity contribution in [1.29, 1.82) is 0 Å². The standard InChI is InChI=1S/C36H49NO5/c1-31(2)26-10-13-36(7)28(34(26,5)12-11-27(31)42-29(39)22-9-8-18-37-21-22)25(38)19-23-24-20-33(4,30(40)41)15-14-32(24,3)16-17-35(23,36)6/h8-9,18-19,21,24,26-28H,10-17,20H2,1-7H3,(H,40,41)/t24-,26-,27-,28+,32+,33-,34-,35+,36+/m0/s1. The van der Waals surface area contributed by atoms with Gasteiger partial charge in [-0.05, 0) is 116 Å². The van der Waals surface area contributed by atoms with E-state index in [0.717, 1.165) is 44.9 Å². The van der Waals surface area contributed by atoms with Gasteiger partial charge in [0.25, 0.3) is 0 Å². The van der Waals surface area contributed by atoms with Gasteiger partial charge in [-0.25, -0.2) is 4.79 Å². The van der Waals surface area contributed by atoms with Gasteiger partial charge < -0.3 is 9.84 Å². The van der Waals surface area contributed by atoms with Gasteiger partial charge in [0.05, 0.1) is 11.0 Å². The Morgan fingerprint density at radius 1 is 0.952 bits per heavy atom. The molecular weight excluding hydrogens is 526 g/mol. The number of aliphatic carboxylic acids is 1. The average molecular weight is 576 g/mol. The number of esters is 1. The first-order valence-corrected chi connectivity index (χ1v) is 16.1. The monoisotopic (exact) mass is 575 g/mol. The van der Waals surface area contributed by atoms with Crippen molar-refractivity contribution >= 4 is 17.7 Å². The Balaban J connectivity index is 1.35. The summed E-state index contributed by atoms with van der Waals surface area (Å²) < 4.78 is 6.17. The third-order valence-electron chi connectivity index (χ3n) is 14.2. The molecule has 42 heavy (non-hydrogen) atoms. The van der Waals surface area contributed by atoms with Crippen LogP contribution < -0.4 is 0 Å². The van der Waals surface area contributed by atoms with Crippen molar-refractivity contribution in [3.05, 3.63) is 41.7 Å². The third kappa shape index (κ3) is 3.88. The first kappa shape index (κ1) is 29.6. The Morgan fingerprint density at radius 3 is 2.33 bits per heavy atom. The summed E-state index contributed by atoms with van der Waals surface area (Å²) >= 11 is 0. The second kappa shape index (κ2) is 9.25. The lowest BCUT2D eigenvalue weighted by Gasteiger charge is -2.70. The molecule has 0 amide bonds. The number of carbonyl (C=O) groups is 3. The van der Waals surface area contributed by atoms with Crippen LogP contribution in [0.2, 0.25) is 0 Å². The lowest BCUT2D eigenvalue weighted by Crippen LogP contribution is -2.66. The summed E-state index contributed by atoms with van der Waals surface area (Å²) in [5.74, 6) is -0.538. The van der Waals surface area contributed by atoms with E-state index < -0.39 is 11.4 Å². The number of hydrogen-bond acceptors (Lipinski definition) is 5. The van der Waals surface area contributed by atoms with Crippen molar-refractivity contribution in [2.45, 2.75) is 112 Å². The lowest BCUT2D eigenvalue weighted by molar-refractivity contribution is -0.202. The number of ketones is 1. The molecule has 0 bridgehead atoms. The van der Waals surface area contributed by atoms with Gasteiger partial charge in [-0.1, -0.05) is 47.1 Å². The molecule has 1 aromatic heterocycles. The highest BCUT2D eigenvalue weighted by Crippen LogP contribution is 2.75. The Kier molecular flexibility index (Phi) is 6.51. The Bertz CT molecular complexity index is 1350. The summed E-state index contributed by atoms with van der Waals surface area (Å²) in [4.78, 5) is 44.0. The molecule has 0 saturated heterocycles. The van der Waals surface area contributed by atoms with Crippen molar-refractivity contribution in [1.82, 2.24) is 4.98 Å². The van der Waals surface area contributed by atoms with Crippen molar-refractivity contribution in [2.24, 2.45) is 50.2 Å². The number of fused-ring (bicyclic) bond motifs is 7. The number of aromatic nitrogens is 1. The number of carbonyl (C=O) groups excluding carboxylic acids is 2. The molecule has 1 heterocycles. The maximum absolute atomic E-state index is 14.5. The minimum Gasteiger partial charge on any atom is -0.481 e. The molecule has 6 rings (SSSR count). The maximum atomic E-state index is 14.5. The normalized spacial score (nSPS) is 45.8. The zero-order valence-corrected chi connectivity index (χ0v) is 26.6. The second-order valence-electron chi connectivity index (χ2n) is 16.6. The van der Waals surface area contributed by atoms with Crippen LogP contribution in [0.4, 0.5) is 0 Å². The number of nitrogens with zero attached hydrogens (tertiary/aromatic N) is 1. The molecule has 6 heteroatoms. The van der Waals surface area contributed by atoms with Gasteiger partial charge in [-0.15, -0.1) is 0 Å². The summed E-state index contributed by atoms with van der Waals surface area (Å²) in [6.45, 7) is 15.8. The number of allylic oxidation sites excluding steroid dienone is 2. The molecule has 9 atom stereocenters. The number of rotatable bonds is 3. The smallest absolute Gasteiger partial charge is 0.339 e. The fourth-order valence-corrected chi connectivity index (χ4v) is 11.2. The van der Waals surface area contributed by atoms with Crippen molar-refractivity contribution in [3.8, 4) is 0 Å². The van der Waals surface area contributed by atoms with Gasteiger partial charge in [0.2, 0.25) is 0 Å². The van der Waals surface area contributed by atoms with Gasteiger partial charge in [-0.2, -0.15) is 0 Å². The summed E-state index contributed by atoms with van der Waals surface area (Å²) in [5, 5.41) is 10.2. The molecule has 0 spiro atoms. The molecule has 0 radical (unpaired) electrons. The van der Waals surface area contributed by atoms with Crippen LogP contribution in [0.25, 0.3) is 0 Å². The quantitative estimate of drug-likeness (QED) is 0.372. The van der Waals surface area contributed by atoms with E-state index in [-0.39, 0.29) is 62.7 Å². The predicted molar refractivity (Wildman–Crippen MR) is 161 cm³/mol. The Labute approximate surface area is 251 Å². The minimum absolute atomic E-state index is 0.0447. The van der Waals surface area contributed by atoms with E-state index in [2.05, 4.69) is 46.5 Å². The average Bonchev–Trinajstić information content (AvgIpc) is 2.92. The summed E-state index contributed by atoms with van der Waals surface area (Å²) in [6.07, 6.45) is 12.9. The third-order valence-corrected chi connectivity index (χ3v) is 14.2. The molecule has 0 aliphatic heterocycles. The highest BCUT2D eigenvalue weighted by Gasteiger charge is 2.70. The summed E-state index contributed by atoms with van der Waals surface area (Å²) in [6, 6.07) is 3.50. The molecule has 4 saturated carbocycles. The summed E-state index contributed by atoms with van der Waals surface area (Å²) in [5.41, 5.74) is 0.173. The van der Waals surface area contributed by atoms with Crippen LogP contribution in [0, 0.1) is 50.2 Å². The van der Waals surface area contributed by atoms with Gasteiger partial charge >= 0.3 is 11.9 Å². The molecule has 0 unspecified atom stereocenters. The van der Waals surface area contributed by atoms with Gasteiger partial charge in [0.1, 0.15) is 6.10 Å². The zero-order chi connectivity index (χ0) is 30.5. The van der Waals surface area contributed by atoms with E-state index in [9.17, 15) is 19.5 Å². The largest absolute Gasteiger partial charge is 0.481 e. The fourth-order valence-electron chi connectivity index (χ4n) is 11.2. The Morgan fingerprint density at radius 2 is 1.67 bits per heavy atom. The minimum atomic E-state index is -0.747. The molecule has 4 fully saturated rings. The highest BCUT2D eigenvalue weighted by molar-refractivity contribution is 5.96. The van der Waals surface area contributed by atoms with Crippen molar-refractivity contribution in [2.75, 3.05) is 0 Å². The summed E-state index contributed by atoms with van der Waals surface area (Å²) in [7, 11) is 0. The van der Waals surface area contributed by atoms with Gasteiger partial charge in [0, 0.05) is 23.7 Å². The molecule has 228 valence electrons. The first-order valence-electron chi connectivity index (χ1n) is 16.1. The van der Waals surface area contributed by atoms with Crippen LogP contribution in [0.3, 0.4) is 0 Å².